The summed E-state index contributed by atoms with van der Waals surface area (Å²) in [7, 11) is 1.38. The Bertz CT molecular complexity index is 672. The van der Waals surface area contributed by atoms with Crippen LogP contribution in [-0.4, -0.2) is 41.9 Å². The van der Waals surface area contributed by atoms with Gasteiger partial charge in [0, 0.05) is 5.56 Å². The number of hydrogen-bond acceptors (Lipinski definition) is 6. The lowest BCUT2D eigenvalue weighted by atomic mass is 10.1. The molecule has 1 aliphatic rings. The molecule has 1 aliphatic heterocycles. The number of rotatable bonds is 6. The van der Waals surface area contributed by atoms with Crippen molar-refractivity contribution in [1.82, 2.24) is 15.0 Å². The van der Waals surface area contributed by atoms with Gasteiger partial charge in [0.1, 0.15) is 0 Å². The van der Waals surface area contributed by atoms with Gasteiger partial charge in [0.15, 0.2) is 11.5 Å². The number of piperidine rings is 1. The van der Waals surface area contributed by atoms with E-state index in [0.717, 1.165) is 13.1 Å². The van der Waals surface area contributed by atoms with Crippen molar-refractivity contribution in [3.05, 3.63) is 24.1 Å². The molecule has 0 atom stereocenters. The average Bonchev–Trinajstić information content (AvgIpc) is 3.04. The van der Waals surface area contributed by atoms with Crippen LogP contribution < -0.4 is 9.47 Å². The molecule has 0 aliphatic carbocycles. The van der Waals surface area contributed by atoms with Crippen molar-refractivity contribution < 1.29 is 22.8 Å². The van der Waals surface area contributed by atoms with Crippen molar-refractivity contribution in [2.75, 3.05) is 20.2 Å². The molecule has 6 nitrogen and oxygen atoms in total. The zero-order chi connectivity index (χ0) is 16.9. The summed E-state index contributed by atoms with van der Waals surface area (Å²) in [6.07, 6.45) is 3.63. The maximum absolute atomic E-state index is 12.4. The zero-order valence-electron chi connectivity index (χ0n) is 13.4. The fourth-order valence-electron chi connectivity index (χ4n) is 2.75. The molecule has 8 heteroatoms. The van der Waals surface area contributed by atoms with Gasteiger partial charge in [0.05, 0.1) is 13.7 Å². The predicted octanol–water partition coefficient (Wildman–Crippen LogP) is 3.33. The molecule has 2 aromatic rings. The Kier molecular flexibility index (Phi) is 5.24. The van der Waals surface area contributed by atoms with E-state index in [2.05, 4.69) is 19.8 Å². The predicted molar refractivity (Wildman–Crippen MR) is 82.0 cm³/mol. The van der Waals surface area contributed by atoms with Crippen LogP contribution in [-0.2, 0) is 6.54 Å². The third-order valence-electron chi connectivity index (χ3n) is 3.91. The second kappa shape index (κ2) is 7.57. The van der Waals surface area contributed by atoms with Crippen molar-refractivity contribution in [2.45, 2.75) is 32.4 Å². The molecular formula is C16H19F2N3O3. The first-order valence-electron chi connectivity index (χ1n) is 7.84. The van der Waals surface area contributed by atoms with Crippen molar-refractivity contribution in [2.24, 2.45) is 0 Å². The number of ether oxygens (including phenoxy) is 2. The van der Waals surface area contributed by atoms with Crippen LogP contribution in [0.1, 0.15) is 25.2 Å². The van der Waals surface area contributed by atoms with Gasteiger partial charge < -0.3 is 14.0 Å². The average molecular weight is 339 g/mol. The molecule has 0 N–H and O–H groups in total. The molecular weight excluding hydrogens is 320 g/mol. The van der Waals surface area contributed by atoms with Crippen LogP contribution in [0.15, 0.2) is 22.7 Å². The second-order valence-electron chi connectivity index (χ2n) is 5.59. The first-order valence-corrected chi connectivity index (χ1v) is 7.84. The van der Waals surface area contributed by atoms with Crippen molar-refractivity contribution >= 4 is 0 Å². The fraction of sp³-hybridized carbons (Fsp3) is 0.500. The highest BCUT2D eigenvalue weighted by atomic mass is 19.3. The van der Waals surface area contributed by atoms with Gasteiger partial charge in [-0.2, -0.15) is 13.8 Å². The summed E-state index contributed by atoms with van der Waals surface area (Å²) >= 11 is 0. The van der Waals surface area contributed by atoms with Gasteiger partial charge in [-0.15, -0.1) is 0 Å². The highest BCUT2D eigenvalue weighted by Gasteiger charge is 2.17. The third-order valence-corrected chi connectivity index (χ3v) is 3.91. The summed E-state index contributed by atoms with van der Waals surface area (Å²) in [6, 6.07) is 4.55. The van der Waals surface area contributed by atoms with Gasteiger partial charge in [-0.1, -0.05) is 11.6 Å². The standard InChI is InChI=1S/C16H19F2N3O3/c1-22-13-9-11(5-6-12(13)23-16(17)18)15-19-14(24-20-15)10-21-7-3-2-4-8-21/h5-6,9,16H,2-4,7-8,10H2,1H3. The van der Waals surface area contributed by atoms with E-state index in [9.17, 15) is 8.78 Å². The Morgan fingerprint density at radius 1 is 1.21 bits per heavy atom. The zero-order valence-corrected chi connectivity index (χ0v) is 13.4. The molecule has 24 heavy (non-hydrogen) atoms. The lowest BCUT2D eigenvalue weighted by Gasteiger charge is -2.24. The molecule has 0 spiro atoms. The molecule has 0 amide bonds. The van der Waals surface area contributed by atoms with Crippen LogP contribution in [0, 0.1) is 0 Å². The summed E-state index contributed by atoms with van der Waals surface area (Å²) < 4.78 is 39.5. The van der Waals surface area contributed by atoms with E-state index in [0.29, 0.717) is 23.8 Å². The minimum Gasteiger partial charge on any atom is -0.493 e. The molecule has 0 saturated carbocycles. The highest BCUT2D eigenvalue weighted by Crippen LogP contribution is 2.32. The Labute approximate surface area is 138 Å². The van der Waals surface area contributed by atoms with Crippen LogP contribution in [0.4, 0.5) is 8.78 Å². The quantitative estimate of drug-likeness (QED) is 0.804. The number of nitrogens with zero attached hydrogens (tertiary/aromatic N) is 3. The van der Waals surface area contributed by atoms with Gasteiger partial charge in [-0.25, -0.2) is 0 Å². The van der Waals surface area contributed by atoms with Crippen LogP contribution in [0.3, 0.4) is 0 Å². The third kappa shape index (κ3) is 4.00. The van der Waals surface area contributed by atoms with Crippen LogP contribution in [0.5, 0.6) is 11.5 Å². The molecule has 1 saturated heterocycles. The minimum atomic E-state index is -2.91. The molecule has 3 rings (SSSR count). The molecule has 130 valence electrons. The molecule has 0 unspecified atom stereocenters. The number of aromatic nitrogens is 2. The van der Waals surface area contributed by atoms with E-state index >= 15 is 0 Å². The number of halogens is 2. The number of benzene rings is 1. The lowest BCUT2D eigenvalue weighted by molar-refractivity contribution is -0.0512. The Balaban J connectivity index is 1.74. The van der Waals surface area contributed by atoms with E-state index in [4.69, 9.17) is 9.26 Å². The van der Waals surface area contributed by atoms with Gasteiger partial charge in [-0.3, -0.25) is 4.90 Å². The summed E-state index contributed by atoms with van der Waals surface area (Å²) in [5.41, 5.74) is 0.613. The topological polar surface area (TPSA) is 60.6 Å². The Hall–Kier alpha value is -2.22. The van der Waals surface area contributed by atoms with Crippen molar-refractivity contribution in [1.29, 1.82) is 0 Å². The maximum Gasteiger partial charge on any atom is 0.387 e. The van der Waals surface area contributed by atoms with Crippen LogP contribution in [0.2, 0.25) is 0 Å². The smallest absolute Gasteiger partial charge is 0.387 e. The minimum absolute atomic E-state index is 0.0340. The molecule has 0 radical (unpaired) electrons. The molecule has 1 fully saturated rings. The molecule has 1 aromatic heterocycles. The van der Waals surface area contributed by atoms with E-state index in [-0.39, 0.29) is 11.5 Å². The van der Waals surface area contributed by atoms with Crippen molar-refractivity contribution in [3.63, 3.8) is 0 Å². The van der Waals surface area contributed by atoms with Crippen LogP contribution >= 0.6 is 0 Å². The largest absolute Gasteiger partial charge is 0.493 e. The normalized spacial score (nSPS) is 15.7. The maximum atomic E-state index is 12.4. The number of methoxy groups -OCH3 is 1. The van der Waals surface area contributed by atoms with Crippen LogP contribution in [0.25, 0.3) is 11.4 Å². The SMILES string of the molecule is COc1cc(-c2noc(CN3CCCCC3)n2)ccc1OC(F)F. The number of alkyl halides is 2. The molecule has 2 heterocycles. The van der Waals surface area contributed by atoms with Gasteiger partial charge in [0.25, 0.3) is 0 Å². The second-order valence-corrected chi connectivity index (χ2v) is 5.59. The van der Waals surface area contributed by atoms with E-state index in [1.165, 1.54) is 32.4 Å². The summed E-state index contributed by atoms with van der Waals surface area (Å²) in [5, 5.41) is 3.96. The number of hydrogen-bond donors (Lipinski definition) is 0. The molecule has 1 aromatic carbocycles. The van der Waals surface area contributed by atoms with Crippen molar-refractivity contribution in [3.8, 4) is 22.9 Å². The summed E-state index contributed by atoms with van der Waals surface area (Å²) in [6.45, 7) is -0.223. The number of likely N-dealkylation sites (tertiary alicyclic amines) is 1. The van der Waals surface area contributed by atoms with Gasteiger partial charge >= 0.3 is 6.61 Å². The van der Waals surface area contributed by atoms with E-state index in [1.807, 2.05) is 0 Å². The first-order chi connectivity index (χ1) is 11.7. The van der Waals surface area contributed by atoms with E-state index < -0.39 is 6.61 Å². The monoisotopic (exact) mass is 339 g/mol. The van der Waals surface area contributed by atoms with Gasteiger partial charge in [0.2, 0.25) is 11.7 Å². The van der Waals surface area contributed by atoms with Gasteiger partial charge in [-0.05, 0) is 44.1 Å². The summed E-state index contributed by atoms with van der Waals surface area (Å²) in [5.74, 6) is 1.09. The fourth-order valence-corrected chi connectivity index (χ4v) is 2.75. The lowest BCUT2D eigenvalue weighted by Crippen LogP contribution is -2.29. The molecule has 0 bridgehead atoms. The Morgan fingerprint density at radius 2 is 2.00 bits per heavy atom. The Morgan fingerprint density at radius 3 is 2.71 bits per heavy atom. The highest BCUT2D eigenvalue weighted by molar-refractivity contribution is 5.60. The van der Waals surface area contributed by atoms with E-state index in [1.54, 1.807) is 12.1 Å². The summed E-state index contributed by atoms with van der Waals surface area (Å²) in [4.78, 5) is 6.66. The first kappa shape index (κ1) is 16.6.